The lowest BCUT2D eigenvalue weighted by Gasteiger charge is -2.18. The summed E-state index contributed by atoms with van der Waals surface area (Å²) in [5.74, 6) is -1.02. The molecule has 0 aliphatic carbocycles. The number of unbranched alkanes of at least 4 members (excludes halogenated alkanes) is 20. The van der Waals surface area contributed by atoms with Gasteiger partial charge < -0.3 is 14.2 Å². The Bertz CT molecular complexity index is 1500. The molecule has 0 fully saturated rings. The SMILES string of the molecule is CC/C=C\C/C=C\C/C=C\C/C=C\C/C=C\C/C=C\CCC(=O)OC[C@H](COC(=O)CCCCCCCCC/C=C\C/C=C\CCCCC)OC(=O)CCCCCCCCC/C=C\C/C=C\CCCCC. The van der Waals surface area contributed by atoms with Crippen molar-refractivity contribution in [3.63, 3.8) is 0 Å². The van der Waals surface area contributed by atoms with E-state index in [1.165, 1.54) is 103 Å². The zero-order valence-corrected chi connectivity index (χ0v) is 45.9. The average molecular weight is 984 g/mol. The molecule has 6 nitrogen and oxygen atoms in total. The van der Waals surface area contributed by atoms with E-state index in [0.29, 0.717) is 19.3 Å². The Balaban J connectivity index is 4.54. The van der Waals surface area contributed by atoms with E-state index in [1.807, 2.05) is 6.08 Å². The van der Waals surface area contributed by atoms with Crippen molar-refractivity contribution in [2.75, 3.05) is 13.2 Å². The first-order valence-electron chi connectivity index (χ1n) is 29.0. The van der Waals surface area contributed by atoms with Crippen LogP contribution in [0.25, 0.3) is 0 Å². The number of carbonyl (C=O) groups excluding carboxylic acids is 3. The van der Waals surface area contributed by atoms with Crippen molar-refractivity contribution < 1.29 is 28.6 Å². The first kappa shape index (κ1) is 66.8. The third-order valence-corrected chi connectivity index (χ3v) is 11.9. The molecule has 0 aromatic rings. The van der Waals surface area contributed by atoms with Crippen LogP contribution in [0.15, 0.2) is 122 Å². The van der Waals surface area contributed by atoms with Crippen LogP contribution in [0, 0.1) is 0 Å². The van der Waals surface area contributed by atoms with Gasteiger partial charge in [-0.2, -0.15) is 0 Å². The van der Waals surface area contributed by atoms with Crippen LogP contribution in [-0.2, 0) is 28.6 Å². The van der Waals surface area contributed by atoms with Crippen LogP contribution in [0.4, 0.5) is 0 Å². The zero-order valence-electron chi connectivity index (χ0n) is 45.9. The standard InChI is InChI=1S/C65H106O6/c1-4-7-10-13-16-19-22-25-28-31-32-35-37-40-43-46-49-52-55-58-64(67)70-61-62(71-65(68)59-56-53-50-47-44-41-38-34-30-27-24-21-18-15-12-9-6-3)60-69-63(66)57-54-51-48-45-42-39-36-33-29-26-23-20-17-14-11-8-5-2/h7,10,16-21,25-30,32,35,40,43,49,52,62H,4-6,8-9,11-15,22-24,31,33-34,36-39,41-42,44-48,50-51,53-61H2,1-3H3/b10-7-,19-16-,20-17-,21-18-,28-25-,29-26-,30-27-,35-32-,43-40-,52-49-/t62-/m0/s1. The third kappa shape index (κ3) is 56.6. The van der Waals surface area contributed by atoms with Crippen LogP contribution < -0.4 is 0 Å². The van der Waals surface area contributed by atoms with Crippen LogP contribution in [0.5, 0.6) is 0 Å². The second-order valence-corrected chi connectivity index (χ2v) is 18.8. The molecule has 6 heteroatoms. The molecule has 0 aliphatic heterocycles. The van der Waals surface area contributed by atoms with Crippen molar-refractivity contribution in [2.45, 2.75) is 258 Å². The number of allylic oxidation sites excluding steroid dienone is 20. The van der Waals surface area contributed by atoms with Crippen molar-refractivity contribution in [3.8, 4) is 0 Å². The molecule has 0 aromatic heterocycles. The molecule has 0 saturated heterocycles. The smallest absolute Gasteiger partial charge is 0.306 e. The van der Waals surface area contributed by atoms with Crippen molar-refractivity contribution in [1.29, 1.82) is 0 Å². The van der Waals surface area contributed by atoms with Gasteiger partial charge in [0.25, 0.3) is 0 Å². The van der Waals surface area contributed by atoms with Gasteiger partial charge in [-0.1, -0.05) is 232 Å². The van der Waals surface area contributed by atoms with Crippen LogP contribution in [-0.4, -0.2) is 37.2 Å². The predicted octanol–water partition coefficient (Wildman–Crippen LogP) is 19.6. The van der Waals surface area contributed by atoms with Gasteiger partial charge >= 0.3 is 17.9 Å². The topological polar surface area (TPSA) is 78.9 Å². The molecule has 0 unspecified atom stereocenters. The van der Waals surface area contributed by atoms with E-state index >= 15 is 0 Å². The van der Waals surface area contributed by atoms with Gasteiger partial charge in [0.1, 0.15) is 13.2 Å². The highest BCUT2D eigenvalue weighted by Gasteiger charge is 2.19. The second kappa shape index (κ2) is 58.4. The Kier molecular flexibility index (Phi) is 54.9. The average Bonchev–Trinajstić information content (AvgIpc) is 3.37. The molecule has 402 valence electrons. The fourth-order valence-electron chi connectivity index (χ4n) is 7.59. The molecule has 1 atom stereocenters. The summed E-state index contributed by atoms with van der Waals surface area (Å²) in [5.41, 5.74) is 0. The van der Waals surface area contributed by atoms with E-state index in [4.69, 9.17) is 14.2 Å². The molecule has 0 aliphatic rings. The first-order valence-corrected chi connectivity index (χ1v) is 29.0. The fourth-order valence-corrected chi connectivity index (χ4v) is 7.59. The molecule has 0 amide bonds. The molecule has 0 radical (unpaired) electrons. The van der Waals surface area contributed by atoms with Crippen molar-refractivity contribution in [2.24, 2.45) is 0 Å². The van der Waals surface area contributed by atoms with Gasteiger partial charge in [-0.15, -0.1) is 0 Å². The predicted molar refractivity (Wildman–Crippen MR) is 306 cm³/mol. The minimum absolute atomic E-state index is 0.111. The van der Waals surface area contributed by atoms with Gasteiger partial charge in [0.2, 0.25) is 0 Å². The summed E-state index contributed by atoms with van der Waals surface area (Å²) in [6, 6.07) is 0. The van der Waals surface area contributed by atoms with Gasteiger partial charge in [0, 0.05) is 19.3 Å². The maximum absolute atomic E-state index is 12.9. The van der Waals surface area contributed by atoms with E-state index in [2.05, 4.69) is 136 Å². The van der Waals surface area contributed by atoms with Gasteiger partial charge in [0.05, 0.1) is 0 Å². The van der Waals surface area contributed by atoms with Crippen molar-refractivity contribution in [1.82, 2.24) is 0 Å². The van der Waals surface area contributed by atoms with Gasteiger partial charge in [-0.05, 0) is 122 Å². The molecule has 0 bridgehead atoms. The number of esters is 3. The summed E-state index contributed by atoms with van der Waals surface area (Å²) in [5, 5.41) is 0. The maximum Gasteiger partial charge on any atom is 0.306 e. The highest BCUT2D eigenvalue weighted by molar-refractivity contribution is 5.71. The Labute approximate surface area is 437 Å². The summed E-state index contributed by atoms with van der Waals surface area (Å²) in [6.07, 6.45) is 80.5. The maximum atomic E-state index is 12.9. The highest BCUT2D eigenvalue weighted by atomic mass is 16.6. The Morgan fingerprint density at radius 2 is 0.577 bits per heavy atom. The van der Waals surface area contributed by atoms with Crippen LogP contribution in [0.1, 0.15) is 252 Å². The molecule has 0 aromatic carbocycles. The zero-order chi connectivity index (χ0) is 51.4. The molecule has 0 rings (SSSR count). The van der Waals surface area contributed by atoms with Crippen LogP contribution in [0.3, 0.4) is 0 Å². The Hall–Kier alpha value is -4.19. The number of carbonyl (C=O) groups is 3. The molecular weight excluding hydrogens is 877 g/mol. The molecule has 0 heterocycles. The number of hydrogen-bond acceptors (Lipinski definition) is 6. The van der Waals surface area contributed by atoms with E-state index in [1.54, 1.807) is 0 Å². The van der Waals surface area contributed by atoms with Crippen LogP contribution >= 0.6 is 0 Å². The van der Waals surface area contributed by atoms with Crippen LogP contribution in [0.2, 0.25) is 0 Å². The monoisotopic (exact) mass is 983 g/mol. The van der Waals surface area contributed by atoms with Gasteiger partial charge in [-0.3, -0.25) is 14.4 Å². The van der Waals surface area contributed by atoms with E-state index in [0.717, 1.165) is 103 Å². The lowest BCUT2D eigenvalue weighted by Crippen LogP contribution is -2.30. The summed E-state index contributed by atoms with van der Waals surface area (Å²) >= 11 is 0. The lowest BCUT2D eigenvalue weighted by atomic mass is 10.1. The highest BCUT2D eigenvalue weighted by Crippen LogP contribution is 2.14. The summed E-state index contributed by atoms with van der Waals surface area (Å²) < 4.78 is 16.8. The number of hydrogen-bond donors (Lipinski definition) is 0. The van der Waals surface area contributed by atoms with Gasteiger partial charge in [0.15, 0.2) is 6.10 Å². The quantitative estimate of drug-likeness (QED) is 0.0261. The van der Waals surface area contributed by atoms with Gasteiger partial charge in [-0.25, -0.2) is 0 Å². The molecule has 0 saturated carbocycles. The number of rotatable bonds is 51. The summed E-state index contributed by atoms with van der Waals surface area (Å²) in [7, 11) is 0. The normalized spacial score (nSPS) is 13.0. The Morgan fingerprint density at radius 3 is 0.944 bits per heavy atom. The molecule has 0 spiro atoms. The van der Waals surface area contributed by atoms with Crippen molar-refractivity contribution >= 4 is 17.9 Å². The summed E-state index contributed by atoms with van der Waals surface area (Å²) in [6.45, 7) is 6.40. The van der Waals surface area contributed by atoms with Crippen molar-refractivity contribution in [3.05, 3.63) is 122 Å². The first-order chi connectivity index (χ1) is 35.0. The third-order valence-electron chi connectivity index (χ3n) is 11.9. The molecule has 0 N–H and O–H groups in total. The second-order valence-electron chi connectivity index (χ2n) is 18.8. The minimum Gasteiger partial charge on any atom is -0.462 e. The van der Waals surface area contributed by atoms with E-state index in [-0.39, 0.29) is 37.5 Å². The fraction of sp³-hybridized carbons (Fsp3) is 0.646. The van der Waals surface area contributed by atoms with E-state index < -0.39 is 6.10 Å². The lowest BCUT2D eigenvalue weighted by molar-refractivity contribution is -0.166. The Morgan fingerprint density at radius 1 is 0.296 bits per heavy atom. The van der Waals surface area contributed by atoms with E-state index in [9.17, 15) is 14.4 Å². The molecular formula is C65H106O6. The summed E-state index contributed by atoms with van der Waals surface area (Å²) in [4.78, 5) is 38.2. The minimum atomic E-state index is -0.820. The number of ether oxygens (including phenoxy) is 3. The molecule has 71 heavy (non-hydrogen) atoms. The largest absolute Gasteiger partial charge is 0.462 e.